The van der Waals surface area contributed by atoms with Crippen LogP contribution >= 0.6 is 0 Å². The van der Waals surface area contributed by atoms with Gasteiger partial charge in [0, 0.05) is 19.8 Å². The lowest BCUT2D eigenvalue weighted by molar-refractivity contribution is -0.386. The van der Waals surface area contributed by atoms with Gasteiger partial charge in [-0.15, -0.1) is 0 Å². The largest absolute Gasteiger partial charge is 0.477 e. The van der Waals surface area contributed by atoms with Crippen LogP contribution < -0.4 is 10.6 Å². The molecule has 0 aliphatic carbocycles. The molecule has 14 N–H and O–H groups in total. The third-order valence-electron chi connectivity index (χ3n) is 16.0. The minimum atomic E-state index is -3.08. The number of unbranched alkanes of at least 4 members (excludes halogenated alkanes) is 23. The van der Waals surface area contributed by atoms with Crippen molar-refractivity contribution in [3.05, 3.63) is 12.2 Å². The number of carboxylic acids is 1. The number of ether oxygens (including phenoxy) is 6. The Morgan fingerprint density at radius 3 is 1.68 bits per heavy atom. The first-order valence-electron chi connectivity index (χ1n) is 31.0. The van der Waals surface area contributed by atoms with Gasteiger partial charge in [-0.3, -0.25) is 9.59 Å². The second kappa shape index (κ2) is 41.5. The molecule has 0 saturated carbocycles. The number of hydrogen-bond acceptors (Lipinski definition) is 20. The summed E-state index contributed by atoms with van der Waals surface area (Å²) >= 11 is 0. The molecule has 3 aliphatic rings. The molecule has 0 aromatic carbocycles. The smallest absolute Gasteiger partial charge is 0.364 e. The second-order valence-corrected chi connectivity index (χ2v) is 22.9. The van der Waals surface area contributed by atoms with E-state index < -0.39 is 148 Å². The zero-order valence-corrected chi connectivity index (χ0v) is 49.3. The average Bonchev–Trinajstić information content (AvgIpc) is 2.56. The van der Waals surface area contributed by atoms with Crippen molar-refractivity contribution in [1.29, 1.82) is 0 Å². The van der Waals surface area contributed by atoms with Crippen molar-refractivity contribution >= 4 is 17.8 Å². The van der Waals surface area contributed by atoms with Gasteiger partial charge in [-0.25, -0.2) is 4.79 Å². The Hall–Kier alpha value is -2.53. The van der Waals surface area contributed by atoms with Crippen LogP contribution in [0.3, 0.4) is 0 Å². The molecule has 23 heteroatoms. The number of rotatable bonds is 45. The van der Waals surface area contributed by atoms with Gasteiger partial charge in [-0.2, -0.15) is 0 Å². The van der Waals surface area contributed by atoms with Gasteiger partial charge in [-0.05, 0) is 32.1 Å². The summed E-state index contributed by atoms with van der Waals surface area (Å²) in [4.78, 5) is 38.3. The predicted molar refractivity (Wildman–Crippen MR) is 301 cm³/mol. The van der Waals surface area contributed by atoms with Crippen LogP contribution in [0.4, 0.5) is 0 Å². The molecule has 0 spiro atoms. The van der Waals surface area contributed by atoms with Crippen molar-refractivity contribution in [2.45, 2.75) is 317 Å². The van der Waals surface area contributed by atoms with E-state index in [2.05, 4.69) is 36.6 Å². The summed E-state index contributed by atoms with van der Waals surface area (Å²) in [5.74, 6) is -6.12. The Bertz CT molecular complexity index is 1740. The second-order valence-electron chi connectivity index (χ2n) is 22.9. The molecule has 2 amide bonds. The monoisotopic (exact) mass is 1180 g/mol. The Kier molecular flexibility index (Phi) is 37.4. The minimum Gasteiger partial charge on any atom is -0.477 e. The molecule has 23 nitrogen and oxygen atoms in total. The van der Waals surface area contributed by atoms with Gasteiger partial charge in [0.05, 0.1) is 50.7 Å². The van der Waals surface area contributed by atoms with Crippen molar-refractivity contribution in [3.63, 3.8) is 0 Å². The van der Waals surface area contributed by atoms with E-state index in [1.165, 1.54) is 83.5 Å². The van der Waals surface area contributed by atoms with Gasteiger partial charge in [0.15, 0.2) is 12.6 Å². The summed E-state index contributed by atoms with van der Waals surface area (Å²) in [5, 5.41) is 136. The van der Waals surface area contributed by atoms with Crippen LogP contribution in [0.25, 0.3) is 0 Å². The number of aliphatic hydroxyl groups excluding tert-OH is 11. The van der Waals surface area contributed by atoms with Crippen LogP contribution in [0.2, 0.25) is 0 Å². The van der Waals surface area contributed by atoms with Gasteiger partial charge >= 0.3 is 5.97 Å². The van der Waals surface area contributed by atoms with Gasteiger partial charge in [-0.1, -0.05) is 167 Å². The highest BCUT2D eigenvalue weighted by Crippen LogP contribution is 2.38. The van der Waals surface area contributed by atoms with E-state index in [0.29, 0.717) is 19.3 Å². The highest BCUT2D eigenvalue weighted by atomic mass is 16.8. The number of hydrogen-bond donors (Lipinski definition) is 14. The van der Waals surface area contributed by atoms with Gasteiger partial charge in [0.25, 0.3) is 5.79 Å². The fourth-order valence-corrected chi connectivity index (χ4v) is 10.9. The fourth-order valence-electron chi connectivity index (χ4n) is 10.9. The number of carbonyl (C=O) groups is 3. The predicted octanol–water partition coefficient (Wildman–Crippen LogP) is 3.17. The standard InChI is InChI=1S/C59H108N2O21/c1-4-6-8-10-12-14-16-17-18-19-20-21-22-23-24-26-28-30-32-41(66)40(61-46(69)33-31-29-27-25-15-13-11-9-7-5-2)38-77-56-51(73)50(72)53(45(37-64)79-56)80-57-52(74)55(49(71)44(36-63)78-57)82-59(58(75)76)34-42(67)47(60-39(3)65)54(81-59)48(70)43(68)35-62/h11,13,40-45,47-57,62-64,66-68,70-74H,4-10,12,14-38H2,1-3H3,(H,60,65)(H,61,69)(H,75,76)/b13-11-. The quantitative estimate of drug-likeness (QED) is 0.0307. The normalized spacial score (nSPS) is 30.2. The van der Waals surface area contributed by atoms with Gasteiger partial charge in [0.1, 0.15) is 67.1 Å². The summed E-state index contributed by atoms with van der Waals surface area (Å²) in [5.41, 5.74) is 0. The van der Waals surface area contributed by atoms with Crippen LogP contribution in [0.1, 0.15) is 207 Å². The third kappa shape index (κ3) is 25.4. The van der Waals surface area contributed by atoms with Crippen LogP contribution in [-0.2, 0) is 42.8 Å². The van der Waals surface area contributed by atoms with Crippen molar-refractivity contribution in [3.8, 4) is 0 Å². The molecule has 82 heavy (non-hydrogen) atoms. The molecule has 0 bridgehead atoms. The Morgan fingerprint density at radius 2 is 1.15 bits per heavy atom. The van der Waals surface area contributed by atoms with E-state index >= 15 is 0 Å². The maximum absolute atomic E-state index is 13.3. The maximum atomic E-state index is 13.3. The summed E-state index contributed by atoms with van der Waals surface area (Å²) in [6.45, 7) is 2.11. The van der Waals surface area contributed by atoms with Gasteiger partial charge in [0.2, 0.25) is 11.8 Å². The van der Waals surface area contributed by atoms with Crippen LogP contribution in [0.5, 0.6) is 0 Å². The molecule has 3 heterocycles. The van der Waals surface area contributed by atoms with E-state index in [0.717, 1.165) is 77.6 Å². The number of amides is 2. The lowest BCUT2D eigenvalue weighted by Gasteiger charge is -2.50. The number of aliphatic hydroxyl groups is 11. The van der Waals surface area contributed by atoms with Crippen molar-refractivity contribution in [2.75, 3.05) is 26.4 Å². The van der Waals surface area contributed by atoms with E-state index in [1.807, 2.05) is 0 Å². The molecule has 3 saturated heterocycles. The average molecular weight is 1180 g/mol. The van der Waals surface area contributed by atoms with Crippen LogP contribution in [0.15, 0.2) is 12.2 Å². The third-order valence-corrected chi connectivity index (χ3v) is 16.0. The topological polar surface area (TPSA) is 373 Å². The number of carboxylic acid groups (broad SMARTS) is 1. The first-order valence-corrected chi connectivity index (χ1v) is 31.0. The summed E-state index contributed by atoms with van der Waals surface area (Å²) in [6.07, 6.45) is 5.37. The first kappa shape index (κ1) is 73.7. The minimum absolute atomic E-state index is 0.209. The molecular formula is C59H108N2O21. The SMILES string of the molecule is CCCC/C=C\CCCCCCC(=O)NC(COC1OC(CO)C(OC2OC(CO)C(O)C(OC3(C(=O)O)CC(O)C(NC(C)=O)C(C(O)C(O)CO)O3)C2O)C(O)C1O)C(O)CCCCCCCCCCCCCCCCCCCC. The summed E-state index contributed by atoms with van der Waals surface area (Å²) < 4.78 is 34.7. The maximum Gasteiger partial charge on any atom is 0.364 e. The molecule has 480 valence electrons. The molecule has 0 radical (unpaired) electrons. The molecule has 0 aromatic rings. The molecule has 18 unspecified atom stereocenters. The Balaban J connectivity index is 1.64. The zero-order valence-electron chi connectivity index (χ0n) is 49.3. The number of aliphatic carboxylic acids is 1. The van der Waals surface area contributed by atoms with Gasteiger partial charge < -0.3 is 100 Å². The Morgan fingerprint density at radius 1 is 0.622 bits per heavy atom. The highest BCUT2D eigenvalue weighted by Gasteiger charge is 2.60. The fraction of sp³-hybridized carbons (Fsp3) is 0.915. The molecular weight excluding hydrogens is 1070 g/mol. The number of allylic oxidation sites excluding steroid dienone is 2. The molecule has 3 fully saturated rings. The van der Waals surface area contributed by atoms with Crippen LogP contribution in [0, 0.1) is 0 Å². The van der Waals surface area contributed by atoms with Crippen molar-refractivity contribution < 1.29 is 104 Å². The molecule has 3 rings (SSSR count). The first-order chi connectivity index (χ1) is 39.4. The van der Waals surface area contributed by atoms with Crippen molar-refractivity contribution in [1.82, 2.24) is 10.6 Å². The Labute approximate surface area is 486 Å². The lowest BCUT2D eigenvalue weighted by Crippen LogP contribution is -2.70. The van der Waals surface area contributed by atoms with Crippen molar-refractivity contribution in [2.24, 2.45) is 0 Å². The number of carbonyl (C=O) groups excluding carboxylic acids is 2. The highest BCUT2D eigenvalue weighted by molar-refractivity contribution is 5.77. The molecule has 3 aliphatic heterocycles. The zero-order chi connectivity index (χ0) is 60.5. The molecule has 18 atom stereocenters. The molecule has 0 aromatic heterocycles. The number of nitrogens with one attached hydrogen (secondary N) is 2. The lowest BCUT2D eigenvalue weighted by atomic mass is 9.88. The van der Waals surface area contributed by atoms with E-state index in [4.69, 9.17) is 28.4 Å². The van der Waals surface area contributed by atoms with E-state index in [-0.39, 0.29) is 18.9 Å². The van der Waals surface area contributed by atoms with E-state index in [1.54, 1.807) is 0 Å². The summed E-state index contributed by atoms with van der Waals surface area (Å²) in [6, 6.07) is -2.53. The summed E-state index contributed by atoms with van der Waals surface area (Å²) in [7, 11) is 0. The van der Waals surface area contributed by atoms with E-state index in [9.17, 15) is 75.7 Å². The van der Waals surface area contributed by atoms with Crippen LogP contribution in [-0.4, -0.2) is 215 Å².